The van der Waals surface area contributed by atoms with Crippen LogP contribution in [0.15, 0.2) is 53.9 Å². The van der Waals surface area contributed by atoms with Crippen molar-refractivity contribution in [3.8, 4) is 11.5 Å². The number of carbonyl (C=O) groups is 2. The quantitative estimate of drug-likeness (QED) is 0.490. The van der Waals surface area contributed by atoms with Crippen molar-refractivity contribution in [2.75, 3.05) is 24.4 Å². The van der Waals surface area contributed by atoms with Gasteiger partial charge in [-0.25, -0.2) is 0 Å². The molecule has 0 aliphatic carbocycles. The van der Waals surface area contributed by atoms with Gasteiger partial charge in [-0.3, -0.25) is 9.59 Å². The Morgan fingerprint density at radius 1 is 1.03 bits per heavy atom. The third-order valence-electron chi connectivity index (χ3n) is 4.63. The maximum Gasteiger partial charge on any atom is 0.265 e. The van der Waals surface area contributed by atoms with Gasteiger partial charge in [0, 0.05) is 11.8 Å². The van der Waals surface area contributed by atoms with Gasteiger partial charge in [0.1, 0.15) is 11.5 Å². The van der Waals surface area contributed by atoms with E-state index in [4.69, 9.17) is 9.47 Å². The number of rotatable bonds is 8. The smallest absolute Gasteiger partial charge is 0.265 e. The van der Waals surface area contributed by atoms with Gasteiger partial charge in [0.05, 0.1) is 17.7 Å². The van der Waals surface area contributed by atoms with Crippen LogP contribution in [0.2, 0.25) is 0 Å². The molecule has 0 atom stereocenters. The van der Waals surface area contributed by atoms with E-state index >= 15 is 0 Å². The number of aryl methyl sites for hydroxylation is 1. The van der Waals surface area contributed by atoms with E-state index in [9.17, 15) is 9.59 Å². The van der Waals surface area contributed by atoms with Crippen LogP contribution in [0, 0.1) is 6.92 Å². The van der Waals surface area contributed by atoms with Gasteiger partial charge >= 0.3 is 0 Å². The van der Waals surface area contributed by atoms with Crippen molar-refractivity contribution in [3.05, 3.63) is 69.9 Å². The molecule has 0 fully saturated rings. The van der Waals surface area contributed by atoms with Gasteiger partial charge in [-0.2, -0.15) is 0 Å². The molecule has 0 bridgehead atoms. The molecule has 0 radical (unpaired) electrons. The lowest BCUT2D eigenvalue weighted by Gasteiger charge is -2.15. The van der Waals surface area contributed by atoms with Crippen molar-refractivity contribution in [1.29, 1.82) is 0 Å². The van der Waals surface area contributed by atoms with Crippen LogP contribution in [-0.2, 0) is 4.79 Å². The number of ether oxygens (including phenoxy) is 2. The standard InChI is InChI=1S/C24H26N2O4S/c1-15(2)18-9-7-16(3)12-20(18)30-14-23(27)25-17-8-10-19(21(13-17)29-4)26-24(28)22-6-5-11-31-22/h5-13,15H,14H2,1-4H3,(H,25,27)(H,26,28). The number of benzene rings is 2. The summed E-state index contributed by atoms with van der Waals surface area (Å²) in [5.74, 6) is 0.963. The van der Waals surface area contributed by atoms with E-state index in [2.05, 4.69) is 24.5 Å². The van der Waals surface area contributed by atoms with Crippen molar-refractivity contribution in [2.24, 2.45) is 0 Å². The highest BCUT2D eigenvalue weighted by Gasteiger charge is 2.13. The molecule has 0 aliphatic rings. The third kappa shape index (κ3) is 5.86. The molecule has 2 N–H and O–H groups in total. The van der Waals surface area contributed by atoms with Crippen molar-refractivity contribution < 1.29 is 19.1 Å². The molecule has 0 aliphatic heterocycles. The Kier molecular flexibility index (Phi) is 7.31. The predicted octanol–water partition coefficient (Wildman–Crippen LogP) is 5.46. The normalized spacial score (nSPS) is 10.6. The molecule has 0 saturated heterocycles. The van der Waals surface area contributed by atoms with Crippen LogP contribution in [0.25, 0.3) is 0 Å². The zero-order valence-electron chi connectivity index (χ0n) is 18.0. The Balaban J connectivity index is 1.64. The highest BCUT2D eigenvalue weighted by Crippen LogP contribution is 2.29. The van der Waals surface area contributed by atoms with E-state index in [0.717, 1.165) is 16.9 Å². The molecule has 1 heterocycles. The number of hydrogen-bond acceptors (Lipinski definition) is 5. The Hall–Kier alpha value is -3.32. The van der Waals surface area contributed by atoms with Crippen LogP contribution in [0.1, 0.15) is 40.6 Å². The summed E-state index contributed by atoms with van der Waals surface area (Å²) < 4.78 is 11.2. The number of hydrogen-bond donors (Lipinski definition) is 2. The molecule has 0 unspecified atom stereocenters. The Morgan fingerprint density at radius 3 is 2.52 bits per heavy atom. The van der Waals surface area contributed by atoms with Crippen molar-refractivity contribution >= 4 is 34.5 Å². The monoisotopic (exact) mass is 438 g/mol. The fraction of sp³-hybridized carbons (Fsp3) is 0.250. The van der Waals surface area contributed by atoms with Gasteiger partial charge in [-0.1, -0.05) is 32.0 Å². The second-order valence-corrected chi connectivity index (χ2v) is 8.33. The molecule has 162 valence electrons. The van der Waals surface area contributed by atoms with Crippen molar-refractivity contribution in [3.63, 3.8) is 0 Å². The van der Waals surface area contributed by atoms with E-state index in [0.29, 0.717) is 27.9 Å². The van der Waals surface area contributed by atoms with Gasteiger partial charge in [-0.15, -0.1) is 11.3 Å². The third-order valence-corrected chi connectivity index (χ3v) is 5.50. The van der Waals surface area contributed by atoms with E-state index in [1.54, 1.807) is 24.3 Å². The number of methoxy groups -OCH3 is 1. The number of anilines is 2. The molecule has 31 heavy (non-hydrogen) atoms. The first-order valence-corrected chi connectivity index (χ1v) is 10.8. The zero-order chi connectivity index (χ0) is 22.4. The number of thiophene rings is 1. The van der Waals surface area contributed by atoms with E-state index in [-0.39, 0.29) is 18.4 Å². The van der Waals surface area contributed by atoms with Gasteiger partial charge in [0.25, 0.3) is 11.8 Å². The molecule has 3 aromatic rings. The second kappa shape index (κ2) is 10.1. The molecular formula is C24H26N2O4S. The molecule has 3 rings (SSSR count). The fourth-order valence-electron chi connectivity index (χ4n) is 3.05. The lowest BCUT2D eigenvalue weighted by molar-refractivity contribution is -0.118. The van der Waals surface area contributed by atoms with Crippen molar-refractivity contribution in [1.82, 2.24) is 0 Å². The van der Waals surface area contributed by atoms with Crippen LogP contribution in [-0.4, -0.2) is 25.5 Å². The highest BCUT2D eigenvalue weighted by molar-refractivity contribution is 7.12. The Bertz CT molecular complexity index is 1060. The summed E-state index contributed by atoms with van der Waals surface area (Å²) >= 11 is 1.36. The SMILES string of the molecule is COc1cc(NC(=O)COc2cc(C)ccc2C(C)C)ccc1NC(=O)c1cccs1. The average molecular weight is 439 g/mol. The van der Waals surface area contributed by atoms with Crippen LogP contribution in [0.4, 0.5) is 11.4 Å². The van der Waals surface area contributed by atoms with Gasteiger partial charge < -0.3 is 20.1 Å². The lowest BCUT2D eigenvalue weighted by atomic mass is 10.0. The van der Waals surface area contributed by atoms with Gasteiger partial charge in [-0.05, 0) is 53.6 Å². The number of nitrogens with one attached hydrogen (secondary N) is 2. The van der Waals surface area contributed by atoms with E-state index in [1.165, 1.54) is 18.4 Å². The van der Waals surface area contributed by atoms with Crippen LogP contribution in [0.5, 0.6) is 11.5 Å². The first-order chi connectivity index (χ1) is 14.9. The van der Waals surface area contributed by atoms with Gasteiger partial charge in [0.2, 0.25) is 0 Å². The fourth-order valence-corrected chi connectivity index (χ4v) is 3.67. The molecule has 7 heteroatoms. The van der Waals surface area contributed by atoms with E-state index in [1.807, 2.05) is 36.6 Å². The molecular weight excluding hydrogens is 412 g/mol. The summed E-state index contributed by atoms with van der Waals surface area (Å²) in [5, 5.41) is 7.47. The first-order valence-electron chi connectivity index (χ1n) is 9.93. The molecule has 2 amide bonds. The summed E-state index contributed by atoms with van der Waals surface area (Å²) in [6.07, 6.45) is 0. The summed E-state index contributed by atoms with van der Waals surface area (Å²) in [5.41, 5.74) is 3.21. The predicted molar refractivity (Wildman–Crippen MR) is 125 cm³/mol. The van der Waals surface area contributed by atoms with Crippen molar-refractivity contribution in [2.45, 2.75) is 26.7 Å². The topological polar surface area (TPSA) is 76.7 Å². The summed E-state index contributed by atoms with van der Waals surface area (Å²) in [7, 11) is 1.51. The summed E-state index contributed by atoms with van der Waals surface area (Å²) in [6.45, 7) is 6.05. The van der Waals surface area contributed by atoms with Gasteiger partial charge in [0.15, 0.2) is 6.61 Å². The average Bonchev–Trinajstić information content (AvgIpc) is 3.28. The minimum atomic E-state index is -0.284. The van der Waals surface area contributed by atoms with Crippen LogP contribution in [0.3, 0.4) is 0 Å². The minimum Gasteiger partial charge on any atom is -0.494 e. The molecule has 0 spiro atoms. The van der Waals surface area contributed by atoms with Crippen LogP contribution >= 0.6 is 11.3 Å². The Morgan fingerprint density at radius 2 is 1.84 bits per heavy atom. The molecule has 1 aromatic heterocycles. The van der Waals surface area contributed by atoms with E-state index < -0.39 is 0 Å². The van der Waals surface area contributed by atoms with Crippen LogP contribution < -0.4 is 20.1 Å². The molecule has 6 nitrogen and oxygen atoms in total. The Labute approximate surface area is 186 Å². The lowest BCUT2D eigenvalue weighted by Crippen LogP contribution is -2.20. The zero-order valence-corrected chi connectivity index (χ0v) is 18.8. The maximum absolute atomic E-state index is 12.4. The minimum absolute atomic E-state index is 0.109. The highest BCUT2D eigenvalue weighted by atomic mass is 32.1. The number of amides is 2. The summed E-state index contributed by atoms with van der Waals surface area (Å²) in [6, 6.07) is 14.6. The maximum atomic E-state index is 12.4. The second-order valence-electron chi connectivity index (χ2n) is 7.38. The number of carbonyl (C=O) groups excluding carboxylic acids is 2. The molecule has 2 aromatic carbocycles. The largest absolute Gasteiger partial charge is 0.494 e. The molecule has 0 saturated carbocycles. The first kappa shape index (κ1) is 22.4. The summed E-state index contributed by atoms with van der Waals surface area (Å²) in [4.78, 5) is 25.3.